The molecule has 2 N–H and O–H groups in total. The summed E-state index contributed by atoms with van der Waals surface area (Å²) in [5, 5.41) is 6.96. The van der Waals surface area contributed by atoms with Crippen LogP contribution in [0.5, 0.6) is 11.5 Å². The van der Waals surface area contributed by atoms with Gasteiger partial charge in [0.05, 0.1) is 5.69 Å². The second-order valence-corrected chi connectivity index (χ2v) is 6.28. The fourth-order valence-corrected chi connectivity index (χ4v) is 2.83. The Kier molecular flexibility index (Phi) is 5.31. The largest absolute Gasteiger partial charge is 0.455 e. The third kappa shape index (κ3) is 4.81. The van der Waals surface area contributed by atoms with Gasteiger partial charge < -0.3 is 15.4 Å². The summed E-state index contributed by atoms with van der Waals surface area (Å²) in [5.74, 6) is 1.50. The van der Waals surface area contributed by atoms with Gasteiger partial charge in [-0.2, -0.15) is 0 Å². The molecule has 0 saturated carbocycles. The Morgan fingerprint density at radius 3 is 2.16 bits per heavy atom. The van der Waals surface area contributed by atoms with Crippen molar-refractivity contribution < 1.29 is 4.74 Å². The second kappa shape index (κ2) is 7.81. The lowest BCUT2D eigenvalue weighted by atomic mass is 10.1. The van der Waals surface area contributed by atoms with Gasteiger partial charge in [-0.25, -0.2) is 0 Å². The molecular formula is C21H20N2OS. The van der Waals surface area contributed by atoms with E-state index in [4.69, 9.17) is 17.0 Å². The minimum Gasteiger partial charge on any atom is -0.455 e. The standard InChI is InChI=1S/C21H20N2OS/c1-15-12-16(2)14-17(13-15)22-21(25)23-19-10-6-7-11-20(19)24-18-8-4-3-5-9-18/h3-14H,1-2H3,(H2,22,23,25). The molecule has 0 spiro atoms. The molecule has 4 heteroatoms. The highest BCUT2D eigenvalue weighted by Crippen LogP contribution is 2.29. The van der Waals surface area contributed by atoms with Gasteiger partial charge in [0.1, 0.15) is 5.75 Å². The summed E-state index contributed by atoms with van der Waals surface area (Å²) in [6.45, 7) is 4.13. The van der Waals surface area contributed by atoms with Gasteiger partial charge in [0.15, 0.2) is 10.9 Å². The van der Waals surface area contributed by atoms with Crippen LogP contribution in [0, 0.1) is 13.8 Å². The number of hydrogen-bond acceptors (Lipinski definition) is 2. The van der Waals surface area contributed by atoms with Crippen LogP contribution in [0.1, 0.15) is 11.1 Å². The fraction of sp³-hybridized carbons (Fsp3) is 0.0952. The molecule has 0 bridgehead atoms. The van der Waals surface area contributed by atoms with Crippen molar-refractivity contribution in [2.45, 2.75) is 13.8 Å². The number of thiocarbonyl (C=S) groups is 1. The number of nitrogens with one attached hydrogen (secondary N) is 2. The summed E-state index contributed by atoms with van der Waals surface area (Å²) in [6, 6.07) is 23.7. The summed E-state index contributed by atoms with van der Waals surface area (Å²) in [5.41, 5.74) is 4.17. The molecule has 3 aromatic rings. The van der Waals surface area contributed by atoms with Crippen molar-refractivity contribution in [3.05, 3.63) is 83.9 Å². The number of aryl methyl sites for hydroxylation is 2. The Hall–Kier alpha value is -2.85. The third-order valence-electron chi connectivity index (χ3n) is 3.59. The zero-order valence-corrected chi connectivity index (χ0v) is 15.1. The number of benzene rings is 3. The number of rotatable bonds is 4. The van der Waals surface area contributed by atoms with Gasteiger partial charge in [-0.3, -0.25) is 0 Å². The minimum atomic E-state index is 0.522. The average Bonchev–Trinajstić information content (AvgIpc) is 2.56. The number of hydrogen-bond donors (Lipinski definition) is 2. The molecule has 0 aliphatic rings. The molecule has 0 heterocycles. The zero-order chi connectivity index (χ0) is 17.6. The van der Waals surface area contributed by atoms with E-state index in [9.17, 15) is 0 Å². The van der Waals surface area contributed by atoms with E-state index in [1.54, 1.807) is 0 Å². The molecule has 3 nitrogen and oxygen atoms in total. The van der Waals surface area contributed by atoms with Crippen molar-refractivity contribution in [2.24, 2.45) is 0 Å². The fourth-order valence-electron chi connectivity index (χ4n) is 2.61. The predicted molar refractivity (Wildman–Crippen MR) is 109 cm³/mol. The molecule has 0 amide bonds. The van der Waals surface area contributed by atoms with Gasteiger partial charge in [-0.15, -0.1) is 0 Å². The molecule has 0 aliphatic heterocycles. The lowest BCUT2D eigenvalue weighted by Gasteiger charge is -2.15. The second-order valence-electron chi connectivity index (χ2n) is 5.87. The Bertz CT molecular complexity index is 858. The van der Waals surface area contributed by atoms with Crippen molar-refractivity contribution >= 4 is 28.7 Å². The van der Waals surface area contributed by atoms with E-state index < -0.39 is 0 Å². The van der Waals surface area contributed by atoms with Gasteiger partial charge in [-0.05, 0) is 73.6 Å². The van der Waals surface area contributed by atoms with E-state index in [0.29, 0.717) is 5.11 Å². The Labute approximate surface area is 153 Å². The van der Waals surface area contributed by atoms with Crippen LogP contribution >= 0.6 is 12.2 Å². The van der Waals surface area contributed by atoms with E-state index >= 15 is 0 Å². The molecule has 0 fully saturated rings. The van der Waals surface area contributed by atoms with Crippen LogP contribution in [-0.2, 0) is 0 Å². The highest BCUT2D eigenvalue weighted by molar-refractivity contribution is 7.80. The summed E-state index contributed by atoms with van der Waals surface area (Å²) < 4.78 is 5.95. The topological polar surface area (TPSA) is 33.3 Å². The number of para-hydroxylation sites is 3. The minimum absolute atomic E-state index is 0.522. The van der Waals surface area contributed by atoms with E-state index in [1.165, 1.54) is 11.1 Å². The van der Waals surface area contributed by atoms with Gasteiger partial charge in [-0.1, -0.05) is 36.4 Å². The smallest absolute Gasteiger partial charge is 0.175 e. The molecule has 126 valence electrons. The Morgan fingerprint density at radius 1 is 0.800 bits per heavy atom. The maximum Gasteiger partial charge on any atom is 0.175 e. The molecule has 0 atom stereocenters. The highest BCUT2D eigenvalue weighted by atomic mass is 32.1. The van der Waals surface area contributed by atoms with Gasteiger partial charge >= 0.3 is 0 Å². The molecule has 0 aliphatic carbocycles. The molecule has 0 radical (unpaired) electrons. The molecular weight excluding hydrogens is 328 g/mol. The van der Waals surface area contributed by atoms with Crippen LogP contribution < -0.4 is 15.4 Å². The SMILES string of the molecule is Cc1cc(C)cc(NC(=S)Nc2ccccc2Oc2ccccc2)c1. The Balaban J connectivity index is 1.73. The molecule has 0 unspecified atom stereocenters. The van der Waals surface area contributed by atoms with E-state index in [2.05, 4.69) is 42.7 Å². The molecule has 0 saturated heterocycles. The van der Waals surface area contributed by atoms with Gasteiger partial charge in [0.2, 0.25) is 0 Å². The summed E-state index contributed by atoms with van der Waals surface area (Å²) in [4.78, 5) is 0. The van der Waals surface area contributed by atoms with Crippen molar-refractivity contribution in [3.63, 3.8) is 0 Å². The first-order valence-corrected chi connectivity index (χ1v) is 8.49. The molecule has 0 aromatic heterocycles. The van der Waals surface area contributed by atoms with E-state index in [0.717, 1.165) is 22.9 Å². The van der Waals surface area contributed by atoms with Crippen molar-refractivity contribution in [1.82, 2.24) is 0 Å². The number of ether oxygens (including phenoxy) is 1. The van der Waals surface area contributed by atoms with E-state index in [1.807, 2.05) is 54.6 Å². The van der Waals surface area contributed by atoms with E-state index in [-0.39, 0.29) is 0 Å². The monoisotopic (exact) mass is 348 g/mol. The predicted octanol–water partition coefficient (Wildman–Crippen LogP) is 5.90. The Morgan fingerprint density at radius 2 is 1.44 bits per heavy atom. The van der Waals surface area contributed by atoms with Gasteiger partial charge in [0.25, 0.3) is 0 Å². The van der Waals surface area contributed by atoms with Crippen LogP contribution in [0.2, 0.25) is 0 Å². The third-order valence-corrected chi connectivity index (χ3v) is 3.79. The molecule has 3 aromatic carbocycles. The molecule has 3 rings (SSSR count). The summed E-state index contributed by atoms with van der Waals surface area (Å²) in [7, 11) is 0. The maximum absolute atomic E-state index is 5.95. The van der Waals surface area contributed by atoms with Crippen LogP contribution in [0.3, 0.4) is 0 Å². The van der Waals surface area contributed by atoms with Crippen LogP contribution in [0.15, 0.2) is 72.8 Å². The summed E-state index contributed by atoms with van der Waals surface area (Å²) in [6.07, 6.45) is 0. The summed E-state index contributed by atoms with van der Waals surface area (Å²) >= 11 is 5.45. The average molecular weight is 348 g/mol. The normalized spacial score (nSPS) is 10.2. The van der Waals surface area contributed by atoms with Crippen LogP contribution in [-0.4, -0.2) is 5.11 Å². The van der Waals surface area contributed by atoms with Crippen molar-refractivity contribution in [3.8, 4) is 11.5 Å². The zero-order valence-electron chi connectivity index (χ0n) is 14.2. The first kappa shape index (κ1) is 17.0. The first-order chi connectivity index (χ1) is 12.1. The van der Waals surface area contributed by atoms with Crippen molar-refractivity contribution in [1.29, 1.82) is 0 Å². The van der Waals surface area contributed by atoms with Gasteiger partial charge in [0, 0.05) is 5.69 Å². The molecule has 25 heavy (non-hydrogen) atoms. The first-order valence-electron chi connectivity index (χ1n) is 8.08. The van der Waals surface area contributed by atoms with Crippen LogP contribution in [0.25, 0.3) is 0 Å². The lowest BCUT2D eigenvalue weighted by Crippen LogP contribution is -2.19. The van der Waals surface area contributed by atoms with Crippen LogP contribution in [0.4, 0.5) is 11.4 Å². The lowest BCUT2D eigenvalue weighted by molar-refractivity contribution is 0.485. The number of anilines is 2. The highest BCUT2D eigenvalue weighted by Gasteiger charge is 2.07. The quantitative estimate of drug-likeness (QED) is 0.575. The maximum atomic E-state index is 5.95. The van der Waals surface area contributed by atoms with Crippen molar-refractivity contribution in [2.75, 3.05) is 10.6 Å².